The van der Waals surface area contributed by atoms with Gasteiger partial charge in [0.25, 0.3) is 0 Å². The Morgan fingerprint density at radius 2 is 1.95 bits per heavy atom. The molecule has 0 aliphatic carbocycles. The second-order valence-electron chi connectivity index (χ2n) is 6.84. The van der Waals surface area contributed by atoms with E-state index in [1.807, 2.05) is 19.1 Å². The zero-order valence-electron chi connectivity index (χ0n) is 14.2. The molecule has 0 bridgehead atoms. The van der Waals surface area contributed by atoms with Crippen LogP contribution in [0.2, 0.25) is 0 Å². The summed E-state index contributed by atoms with van der Waals surface area (Å²) in [7, 11) is 0. The quantitative estimate of drug-likeness (QED) is 0.849. The molecule has 22 heavy (non-hydrogen) atoms. The molecule has 1 aromatic rings. The van der Waals surface area contributed by atoms with Gasteiger partial charge in [0.05, 0.1) is 18.7 Å². The highest BCUT2D eigenvalue weighted by molar-refractivity contribution is 6.00. The molecule has 1 aromatic carbocycles. The molecule has 0 radical (unpaired) electrons. The van der Waals surface area contributed by atoms with E-state index in [-0.39, 0.29) is 11.2 Å². The number of hydrogen-bond acceptors (Lipinski definition) is 4. The van der Waals surface area contributed by atoms with Crippen molar-refractivity contribution >= 4 is 5.78 Å². The first-order valence-electron chi connectivity index (χ1n) is 8.15. The Morgan fingerprint density at radius 1 is 1.27 bits per heavy atom. The number of ether oxygens (including phenoxy) is 1. The monoisotopic (exact) mass is 304 g/mol. The van der Waals surface area contributed by atoms with Crippen LogP contribution in [-0.2, 0) is 5.41 Å². The average molecular weight is 304 g/mol. The first kappa shape index (κ1) is 17.0. The first-order valence-corrected chi connectivity index (χ1v) is 8.15. The third-order valence-electron chi connectivity index (χ3n) is 4.02. The van der Waals surface area contributed by atoms with E-state index in [1.54, 1.807) is 0 Å². The summed E-state index contributed by atoms with van der Waals surface area (Å²) in [6.45, 7) is 13.2. The molecule has 4 heteroatoms. The van der Waals surface area contributed by atoms with Crippen molar-refractivity contribution in [2.24, 2.45) is 0 Å². The van der Waals surface area contributed by atoms with E-state index in [4.69, 9.17) is 4.74 Å². The zero-order chi connectivity index (χ0) is 16.2. The molecule has 0 atom stereocenters. The van der Waals surface area contributed by atoms with Crippen LogP contribution in [0.15, 0.2) is 18.2 Å². The zero-order valence-corrected chi connectivity index (χ0v) is 14.2. The SMILES string of the molecule is CCOc1ccc(C(C)(C)C)cc1C(=O)CN1CCNCC1. The third kappa shape index (κ3) is 4.31. The highest BCUT2D eigenvalue weighted by Crippen LogP contribution is 2.28. The van der Waals surface area contributed by atoms with E-state index >= 15 is 0 Å². The molecular weight excluding hydrogens is 276 g/mol. The van der Waals surface area contributed by atoms with E-state index in [1.165, 1.54) is 5.56 Å². The molecule has 1 N–H and O–H groups in total. The fourth-order valence-corrected chi connectivity index (χ4v) is 2.65. The molecule has 1 aliphatic rings. The largest absolute Gasteiger partial charge is 0.493 e. The van der Waals surface area contributed by atoms with Crippen molar-refractivity contribution in [2.75, 3.05) is 39.3 Å². The van der Waals surface area contributed by atoms with Crippen LogP contribution in [0.25, 0.3) is 0 Å². The van der Waals surface area contributed by atoms with Gasteiger partial charge in [0.15, 0.2) is 5.78 Å². The molecular formula is C18H28N2O2. The van der Waals surface area contributed by atoms with Crippen LogP contribution in [-0.4, -0.2) is 50.0 Å². The van der Waals surface area contributed by atoms with E-state index < -0.39 is 0 Å². The van der Waals surface area contributed by atoms with Crippen LogP contribution in [0.5, 0.6) is 5.75 Å². The minimum atomic E-state index is 0.0226. The van der Waals surface area contributed by atoms with Crippen LogP contribution in [0.1, 0.15) is 43.6 Å². The van der Waals surface area contributed by atoms with E-state index in [0.717, 1.165) is 26.2 Å². The van der Waals surface area contributed by atoms with Gasteiger partial charge in [-0.05, 0) is 30.0 Å². The summed E-state index contributed by atoms with van der Waals surface area (Å²) >= 11 is 0. The van der Waals surface area contributed by atoms with Gasteiger partial charge >= 0.3 is 0 Å². The molecule has 0 amide bonds. The van der Waals surface area contributed by atoms with E-state index in [9.17, 15) is 4.79 Å². The van der Waals surface area contributed by atoms with Crippen LogP contribution < -0.4 is 10.1 Å². The molecule has 0 aromatic heterocycles. The Kier molecular flexibility index (Phi) is 5.59. The second-order valence-corrected chi connectivity index (χ2v) is 6.84. The van der Waals surface area contributed by atoms with Gasteiger partial charge in [-0.25, -0.2) is 0 Å². The molecule has 2 rings (SSSR count). The third-order valence-corrected chi connectivity index (χ3v) is 4.02. The maximum absolute atomic E-state index is 12.7. The van der Waals surface area contributed by atoms with Crippen molar-refractivity contribution in [3.05, 3.63) is 29.3 Å². The number of ketones is 1. The van der Waals surface area contributed by atoms with Crippen LogP contribution >= 0.6 is 0 Å². The van der Waals surface area contributed by atoms with E-state index in [2.05, 4.69) is 37.1 Å². The summed E-state index contributed by atoms with van der Waals surface area (Å²) in [5.74, 6) is 0.854. The molecule has 4 nitrogen and oxygen atoms in total. The van der Waals surface area contributed by atoms with Crippen LogP contribution in [0.3, 0.4) is 0 Å². The number of carbonyl (C=O) groups is 1. The smallest absolute Gasteiger partial charge is 0.180 e. The Bertz CT molecular complexity index is 514. The van der Waals surface area contributed by atoms with Crippen LogP contribution in [0, 0.1) is 0 Å². The van der Waals surface area contributed by atoms with Crippen molar-refractivity contribution in [1.82, 2.24) is 10.2 Å². The number of carbonyl (C=O) groups excluding carboxylic acids is 1. The highest BCUT2D eigenvalue weighted by atomic mass is 16.5. The number of Topliss-reactive ketones (excluding diaryl/α,β-unsaturated/α-hetero) is 1. The Morgan fingerprint density at radius 3 is 2.55 bits per heavy atom. The molecule has 0 saturated carbocycles. The lowest BCUT2D eigenvalue weighted by molar-refractivity contribution is 0.0917. The maximum atomic E-state index is 12.7. The summed E-state index contributed by atoms with van der Waals surface area (Å²) in [6, 6.07) is 6.01. The number of benzene rings is 1. The molecule has 122 valence electrons. The normalized spacial score (nSPS) is 16.5. The number of nitrogens with one attached hydrogen (secondary N) is 1. The summed E-state index contributed by atoms with van der Waals surface area (Å²) in [5.41, 5.74) is 1.90. The molecule has 1 aliphatic heterocycles. The minimum Gasteiger partial charge on any atom is -0.493 e. The van der Waals surface area contributed by atoms with Crippen molar-refractivity contribution < 1.29 is 9.53 Å². The van der Waals surface area contributed by atoms with Gasteiger partial charge < -0.3 is 10.1 Å². The average Bonchev–Trinajstić information content (AvgIpc) is 2.47. The van der Waals surface area contributed by atoms with Gasteiger partial charge in [0.1, 0.15) is 5.75 Å². The van der Waals surface area contributed by atoms with Crippen molar-refractivity contribution in [1.29, 1.82) is 0 Å². The fraction of sp³-hybridized carbons (Fsp3) is 0.611. The highest BCUT2D eigenvalue weighted by Gasteiger charge is 2.21. The Hall–Kier alpha value is -1.39. The van der Waals surface area contributed by atoms with Crippen molar-refractivity contribution in [2.45, 2.75) is 33.1 Å². The van der Waals surface area contributed by atoms with Crippen LogP contribution in [0.4, 0.5) is 0 Å². The molecule has 1 heterocycles. The number of rotatable bonds is 5. The van der Waals surface area contributed by atoms with Crippen molar-refractivity contribution in [3.8, 4) is 5.75 Å². The molecule has 0 spiro atoms. The van der Waals surface area contributed by atoms with Gasteiger partial charge in [0, 0.05) is 26.2 Å². The predicted molar refractivity (Wildman–Crippen MR) is 90.0 cm³/mol. The lowest BCUT2D eigenvalue weighted by Gasteiger charge is -2.27. The van der Waals surface area contributed by atoms with Gasteiger partial charge in [-0.3, -0.25) is 9.69 Å². The number of piperazine rings is 1. The topological polar surface area (TPSA) is 41.6 Å². The lowest BCUT2D eigenvalue weighted by atomic mass is 9.85. The summed E-state index contributed by atoms with van der Waals surface area (Å²) < 4.78 is 5.66. The standard InChI is InChI=1S/C18H28N2O2/c1-5-22-17-7-6-14(18(2,3)4)12-15(17)16(21)13-20-10-8-19-9-11-20/h6-7,12,19H,5,8-11,13H2,1-4H3. The second kappa shape index (κ2) is 7.25. The fourth-order valence-electron chi connectivity index (χ4n) is 2.65. The maximum Gasteiger partial charge on any atom is 0.180 e. The molecule has 1 saturated heterocycles. The molecule has 0 unspecified atom stereocenters. The van der Waals surface area contributed by atoms with Gasteiger partial charge in [0.2, 0.25) is 0 Å². The van der Waals surface area contributed by atoms with Crippen molar-refractivity contribution in [3.63, 3.8) is 0 Å². The predicted octanol–water partition coefficient (Wildman–Crippen LogP) is 2.47. The van der Waals surface area contributed by atoms with E-state index in [0.29, 0.717) is 24.5 Å². The first-order chi connectivity index (χ1) is 10.4. The summed E-state index contributed by atoms with van der Waals surface area (Å²) in [4.78, 5) is 15.0. The number of hydrogen-bond donors (Lipinski definition) is 1. The number of nitrogens with zero attached hydrogens (tertiary/aromatic N) is 1. The molecule has 1 fully saturated rings. The summed E-state index contributed by atoms with van der Waals surface area (Å²) in [6.07, 6.45) is 0. The minimum absolute atomic E-state index is 0.0226. The Labute approximate surface area is 133 Å². The van der Waals surface area contributed by atoms with Gasteiger partial charge in [-0.2, -0.15) is 0 Å². The van der Waals surface area contributed by atoms with Gasteiger partial charge in [-0.1, -0.05) is 26.8 Å². The van der Waals surface area contributed by atoms with Gasteiger partial charge in [-0.15, -0.1) is 0 Å². The Balaban J connectivity index is 2.23. The lowest BCUT2D eigenvalue weighted by Crippen LogP contribution is -2.45. The summed E-state index contributed by atoms with van der Waals surface area (Å²) in [5, 5.41) is 3.31.